The van der Waals surface area contributed by atoms with Gasteiger partial charge in [0.25, 0.3) is 5.91 Å². The van der Waals surface area contributed by atoms with Crippen molar-refractivity contribution in [1.29, 1.82) is 0 Å². The van der Waals surface area contributed by atoms with Gasteiger partial charge in [0.2, 0.25) is 0 Å². The maximum atomic E-state index is 12.4. The highest BCUT2D eigenvalue weighted by Crippen LogP contribution is 2.17. The Bertz CT molecular complexity index is 890. The molecule has 0 spiro atoms. The summed E-state index contributed by atoms with van der Waals surface area (Å²) in [5.74, 6) is 1.31. The molecule has 0 aliphatic rings. The molecule has 27 heavy (non-hydrogen) atoms. The first-order chi connectivity index (χ1) is 13.2. The number of pyridine rings is 1. The van der Waals surface area contributed by atoms with E-state index >= 15 is 0 Å². The molecule has 0 saturated heterocycles. The van der Waals surface area contributed by atoms with E-state index in [0.717, 1.165) is 11.6 Å². The van der Waals surface area contributed by atoms with Crippen LogP contribution in [0.15, 0.2) is 66.9 Å². The highest BCUT2D eigenvalue weighted by molar-refractivity contribution is 6.04. The number of aromatic nitrogens is 1. The average Bonchev–Trinajstić information content (AvgIpc) is 2.69. The quantitative estimate of drug-likeness (QED) is 0.643. The summed E-state index contributed by atoms with van der Waals surface area (Å²) in [6.45, 7) is 5.32. The number of hydrogen-bond acceptors (Lipinski definition) is 4. The summed E-state index contributed by atoms with van der Waals surface area (Å²) in [6, 6.07) is 19.1. The molecule has 2 aromatic carbocycles. The van der Waals surface area contributed by atoms with Crippen molar-refractivity contribution in [2.75, 3.05) is 17.2 Å². The molecule has 1 amide bonds. The van der Waals surface area contributed by atoms with Crippen molar-refractivity contribution in [3.05, 3.63) is 83.6 Å². The zero-order chi connectivity index (χ0) is 19.1. The van der Waals surface area contributed by atoms with Crippen molar-refractivity contribution < 1.29 is 9.53 Å². The van der Waals surface area contributed by atoms with Gasteiger partial charge in [-0.05, 0) is 61.4 Å². The smallest absolute Gasteiger partial charge is 0.257 e. The van der Waals surface area contributed by atoms with E-state index in [9.17, 15) is 4.79 Å². The Balaban J connectivity index is 1.57. The standard InChI is InChI=1S/C22H23N3O2/c1-3-27-20-11-9-19(10-12-20)25-22(26)18-8-13-21(24-15-18)23-14-17-7-5-4-6-16(17)2/h4-13,15H,3,14H2,1-2H3,(H,23,24)(H,25,26). The molecule has 3 aromatic rings. The lowest BCUT2D eigenvalue weighted by molar-refractivity contribution is 0.102. The largest absolute Gasteiger partial charge is 0.494 e. The summed E-state index contributed by atoms with van der Waals surface area (Å²) >= 11 is 0. The number of ether oxygens (including phenoxy) is 1. The first-order valence-corrected chi connectivity index (χ1v) is 8.94. The summed E-state index contributed by atoms with van der Waals surface area (Å²) < 4.78 is 5.40. The summed E-state index contributed by atoms with van der Waals surface area (Å²) in [7, 11) is 0. The molecule has 1 aromatic heterocycles. The van der Waals surface area contributed by atoms with Crippen LogP contribution < -0.4 is 15.4 Å². The van der Waals surface area contributed by atoms with Crippen LogP contribution >= 0.6 is 0 Å². The molecule has 5 nitrogen and oxygen atoms in total. The van der Waals surface area contributed by atoms with Gasteiger partial charge in [-0.3, -0.25) is 4.79 Å². The molecule has 5 heteroatoms. The van der Waals surface area contributed by atoms with Crippen LogP contribution in [0, 0.1) is 6.92 Å². The monoisotopic (exact) mass is 361 g/mol. The van der Waals surface area contributed by atoms with Crippen LogP contribution in [0.3, 0.4) is 0 Å². The second-order valence-electron chi connectivity index (χ2n) is 6.12. The first kappa shape index (κ1) is 18.5. The van der Waals surface area contributed by atoms with Crippen molar-refractivity contribution in [2.24, 2.45) is 0 Å². The molecular formula is C22H23N3O2. The maximum Gasteiger partial charge on any atom is 0.257 e. The number of benzene rings is 2. The lowest BCUT2D eigenvalue weighted by Crippen LogP contribution is -2.12. The third kappa shape index (κ3) is 5.07. The van der Waals surface area contributed by atoms with Crippen LogP contribution in [-0.2, 0) is 6.54 Å². The number of hydrogen-bond donors (Lipinski definition) is 2. The molecule has 0 atom stereocenters. The second kappa shape index (κ2) is 8.85. The fraction of sp³-hybridized carbons (Fsp3) is 0.182. The predicted octanol–water partition coefficient (Wildman–Crippen LogP) is 4.65. The second-order valence-corrected chi connectivity index (χ2v) is 6.12. The lowest BCUT2D eigenvalue weighted by atomic mass is 10.1. The minimum atomic E-state index is -0.197. The van der Waals surface area contributed by atoms with Gasteiger partial charge >= 0.3 is 0 Å². The van der Waals surface area contributed by atoms with Gasteiger partial charge < -0.3 is 15.4 Å². The number of anilines is 2. The third-order valence-corrected chi connectivity index (χ3v) is 4.17. The SMILES string of the molecule is CCOc1ccc(NC(=O)c2ccc(NCc3ccccc3C)nc2)cc1. The molecule has 2 N–H and O–H groups in total. The van der Waals surface area contributed by atoms with Gasteiger partial charge in [0.05, 0.1) is 12.2 Å². The van der Waals surface area contributed by atoms with Gasteiger partial charge in [0.1, 0.15) is 11.6 Å². The first-order valence-electron chi connectivity index (χ1n) is 8.94. The molecule has 0 aliphatic heterocycles. The molecule has 0 radical (unpaired) electrons. The number of carbonyl (C=O) groups is 1. The number of nitrogens with one attached hydrogen (secondary N) is 2. The Labute approximate surface area is 159 Å². The lowest BCUT2D eigenvalue weighted by Gasteiger charge is -2.09. The third-order valence-electron chi connectivity index (χ3n) is 4.17. The Morgan fingerprint density at radius 2 is 1.81 bits per heavy atom. The van der Waals surface area contributed by atoms with Gasteiger partial charge in [-0.2, -0.15) is 0 Å². The number of carbonyl (C=O) groups excluding carboxylic acids is 1. The zero-order valence-corrected chi connectivity index (χ0v) is 15.5. The summed E-state index contributed by atoms with van der Waals surface area (Å²) in [5.41, 5.74) is 3.67. The predicted molar refractivity (Wildman–Crippen MR) is 108 cm³/mol. The van der Waals surface area contributed by atoms with Crippen molar-refractivity contribution >= 4 is 17.4 Å². The van der Waals surface area contributed by atoms with Crippen molar-refractivity contribution in [1.82, 2.24) is 4.98 Å². The molecule has 0 aliphatic carbocycles. The van der Waals surface area contributed by atoms with E-state index in [-0.39, 0.29) is 5.91 Å². The van der Waals surface area contributed by atoms with Gasteiger partial charge in [0.15, 0.2) is 0 Å². The minimum absolute atomic E-state index is 0.197. The average molecular weight is 361 g/mol. The highest BCUT2D eigenvalue weighted by Gasteiger charge is 2.07. The Hall–Kier alpha value is -3.34. The van der Waals surface area contributed by atoms with Crippen LogP contribution in [0.4, 0.5) is 11.5 Å². The summed E-state index contributed by atoms with van der Waals surface area (Å²) in [6.07, 6.45) is 1.57. The van der Waals surface area contributed by atoms with E-state index in [4.69, 9.17) is 4.74 Å². The van der Waals surface area contributed by atoms with E-state index in [0.29, 0.717) is 24.4 Å². The highest BCUT2D eigenvalue weighted by atomic mass is 16.5. The number of amides is 1. The van der Waals surface area contributed by atoms with E-state index in [1.165, 1.54) is 11.1 Å². The van der Waals surface area contributed by atoms with Crippen LogP contribution in [0.1, 0.15) is 28.4 Å². The molecule has 3 rings (SSSR count). The number of aryl methyl sites for hydroxylation is 1. The van der Waals surface area contributed by atoms with E-state index < -0.39 is 0 Å². The van der Waals surface area contributed by atoms with E-state index in [1.807, 2.05) is 49.4 Å². The zero-order valence-electron chi connectivity index (χ0n) is 15.5. The van der Waals surface area contributed by atoms with Gasteiger partial charge in [-0.1, -0.05) is 24.3 Å². The van der Waals surface area contributed by atoms with Crippen molar-refractivity contribution in [2.45, 2.75) is 20.4 Å². The molecule has 138 valence electrons. The number of nitrogens with zero attached hydrogens (tertiary/aromatic N) is 1. The normalized spacial score (nSPS) is 10.3. The van der Waals surface area contributed by atoms with Crippen molar-refractivity contribution in [3.8, 4) is 5.75 Å². The summed E-state index contributed by atoms with van der Waals surface area (Å²) in [5, 5.41) is 6.14. The van der Waals surface area contributed by atoms with E-state index in [1.54, 1.807) is 12.3 Å². The van der Waals surface area contributed by atoms with Crippen LogP contribution in [0.2, 0.25) is 0 Å². The Kier molecular flexibility index (Phi) is 6.05. The number of rotatable bonds is 7. The molecule has 0 fully saturated rings. The molecular weight excluding hydrogens is 338 g/mol. The Morgan fingerprint density at radius 1 is 1.04 bits per heavy atom. The van der Waals surface area contributed by atoms with Crippen LogP contribution in [0.25, 0.3) is 0 Å². The molecule has 0 unspecified atom stereocenters. The topological polar surface area (TPSA) is 63.2 Å². The van der Waals surface area contributed by atoms with E-state index in [2.05, 4.69) is 34.7 Å². The van der Waals surface area contributed by atoms with Gasteiger partial charge in [-0.15, -0.1) is 0 Å². The van der Waals surface area contributed by atoms with Crippen molar-refractivity contribution in [3.63, 3.8) is 0 Å². The Morgan fingerprint density at radius 3 is 2.48 bits per heavy atom. The van der Waals surface area contributed by atoms with Gasteiger partial charge in [0, 0.05) is 18.4 Å². The minimum Gasteiger partial charge on any atom is -0.494 e. The van der Waals surface area contributed by atoms with Gasteiger partial charge in [-0.25, -0.2) is 4.98 Å². The fourth-order valence-corrected chi connectivity index (χ4v) is 2.63. The molecule has 0 bridgehead atoms. The maximum absolute atomic E-state index is 12.4. The summed E-state index contributed by atoms with van der Waals surface area (Å²) in [4.78, 5) is 16.7. The van der Waals surface area contributed by atoms with Crippen LogP contribution in [0.5, 0.6) is 5.75 Å². The molecule has 1 heterocycles. The fourth-order valence-electron chi connectivity index (χ4n) is 2.63. The van der Waals surface area contributed by atoms with Crippen LogP contribution in [-0.4, -0.2) is 17.5 Å². The molecule has 0 saturated carbocycles.